The van der Waals surface area contributed by atoms with Crippen molar-refractivity contribution >= 4 is 24.8 Å². The van der Waals surface area contributed by atoms with Crippen LogP contribution in [-0.2, 0) is 26.2 Å². The Bertz CT molecular complexity index is 276. The second-order valence-corrected chi connectivity index (χ2v) is 4.40. The van der Waals surface area contributed by atoms with Crippen molar-refractivity contribution in [1.29, 1.82) is 0 Å². The summed E-state index contributed by atoms with van der Waals surface area (Å²) < 4.78 is 0. The summed E-state index contributed by atoms with van der Waals surface area (Å²) in [6, 6.07) is 0. The van der Waals surface area contributed by atoms with Gasteiger partial charge in [-0.2, -0.15) is 25.0 Å². The van der Waals surface area contributed by atoms with Crippen LogP contribution in [0.3, 0.4) is 0 Å². The third-order valence-corrected chi connectivity index (χ3v) is 2.77. The number of hydrogen-bond acceptors (Lipinski definition) is 0. The molecule has 0 amide bonds. The van der Waals surface area contributed by atoms with Crippen LogP contribution >= 0.6 is 24.8 Å². The van der Waals surface area contributed by atoms with E-state index in [-0.39, 0.29) is 58.4 Å². The molecule has 0 heterocycles. The van der Waals surface area contributed by atoms with Gasteiger partial charge in [0.1, 0.15) is 0 Å². The van der Waals surface area contributed by atoms with E-state index in [0.717, 1.165) is 12.8 Å². The van der Waals surface area contributed by atoms with Gasteiger partial charge >= 0.3 is 26.2 Å². The smallest absolute Gasteiger partial charge is 0.358 e. The van der Waals surface area contributed by atoms with E-state index in [0.29, 0.717) is 0 Å². The molecule has 1 fully saturated rings. The molecule has 0 aromatic carbocycles. The predicted octanol–water partition coefficient (Wildman–Crippen LogP) is 6.45. The van der Waals surface area contributed by atoms with Crippen molar-refractivity contribution in [2.45, 2.75) is 51.9 Å². The second-order valence-electron chi connectivity index (χ2n) is 4.40. The van der Waals surface area contributed by atoms with Crippen molar-refractivity contribution in [3.8, 4) is 0 Å². The number of hydrogen-bond donors (Lipinski definition) is 0. The molecule has 0 saturated heterocycles. The fourth-order valence-corrected chi connectivity index (χ4v) is 1.75. The maximum absolute atomic E-state index is 3.12. The van der Waals surface area contributed by atoms with Gasteiger partial charge in [0.2, 0.25) is 0 Å². The van der Waals surface area contributed by atoms with Gasteiger partial charge in [-0.05, 0) is 0 Å². The first-order valence-corrected chi connectivity index (χ1v) is 6.67. The Morgan fingerprint density at radius 3 is 1.81 bits per heavy atom. The Morgan fingerprint density at radius 2 is 1.67 bits per heavy atom. The van der Waals surface area contributed by atoms with E-state index >= 15 is 0 Å². The zero-order valence-corrected chi connectivity index (χ0v) is 17.3. The minimum Gasteiger partial charge on any atom is -0.358 e. The molecule has 3 aliphatic rings. The summed E-state index contributed by atoms with van der Waals surface area (Å²) in [6.45, 7) is 2.06. The minimum absolute atomic E-state index is 0. The van der Waals surface area contributed by atoms with Gasteiger partial charge in [-0.3, -0.25) is 12.2 Å². The molecule has 0 bridgehead atoms. The quantitative estimate of drug-likeness (QED) is 0.406. The molecule has 118 valence electrons. The van der Waals surface area contributed by atoms with E-state index in [9.17, 15) is 0 Å². The molecule has 0 atom stereocenters. The Morgan fingerprint density at radius 1 is 1.00 bits per heavy atom. The zero-order valence-electron chi connectivity index (χ0n) is 13.2. The number of allylic oxidation sites excluding steroid dienone is 8. The van der Waals surface area contributed by atoms with E-state index in [1.807, 2.05) is 12.2 Å². The third kappa shape index (κ3) is 20.4. The van der Waals surface area contributed by atoms with Crippen LogP contribution in [0.1, 0.15) is 51.9 Å². The first-order valence-electron chi connectivity index (χ1n) is 6.67. The van der Waals surface area contributed by atoms with Gasteiger partial charge in [0, 0.05) is 0 Å². The van der Waals surface area contributed by atoms with Gasteiger partial charge in [0.05, 0.1) is 0 Å². The van der Waals surface area contributed by atoms with E-state index in [1.54, 1.807) is 0 Å². The summed E-state index contributed by atoms with van der Waals surface area (Å²) in [5.41, 5.74) is 1.27. The Balaban J connectivity index is -0.0000000946. The summed E-state index contributed by atoms with van der Waals surface area (Å²) in [5.74, 6) is 0. The molecule has 0 aromatic rings. The second kappa shape index (κ2) is 22.7. The van der Waals surface area contributed by atoms with Crippen molar-refractivity contribution in [3.63, 3.8) is 0 Å². The first kappa shape index (κ1) is 29.4. The molecule has 0 aromatic heterocycles. The van der Waals surface area contributed by atoms with E-state index in [2.05, 4.69) is 43.7 Å². The average Bonchev–Trinajstić information content (AvgIpc) is 3.07. The molecule has 0 unspecified atom stereocenters. The van der Waals surface area contributed by atoms with Gasteiger partial charge in [-0.15, -0.1) is 37.7 Å². The molecule has 21 heavy (non-hydrogen) atoms. The SMILES string of the molecule is CC1=[C-]CC=C1.Cl.Cl.[C-]1=CC=CC1.[CH-]1CCCCC1.[CH3-].[Zr+4]. The van der Waals surface area contributed by atoms with Crippen molar-refractivity contribution < 1.29 is 26.2 Å². The van der Waals surface area contributed by atoms with Crippen molar-refractivity contribution in [2.24, 2.45) is 0 Å². The van der Waals surface area contributed by atoms with Crippen LogP contribution in [0.5, 0.6) is 0 Å². The van der Waals surface area contributed by atoms with Crippen molar-refractivity contribution in [2.75, 3.05) is 0 Å². The van der Waals surface area contributed by atoms with Crippen LogP contribution in [0.15, 0.2) is 36.0 Å². The number of halogens is 2. The van der Waals surface area contributed by atoms with E-state index in [1.165, 1.54) is 37.7 Å². The fraction of sp³-hybridized carbons (Fsp3) is 0.444. The molecule has 3 rings (SSSR count). The third-order valence-electron chi connectivity index (χ3n) is 2.77. The topological polar surface area (TPSA) is 0 Å². The Labute approximate surface area is 164 Å². The van der Waals surface area contributed by atoms with Crippen LogP contribution in [0, 0.1) is 26.0 Å². The Hall–Kier alpha value is 0.423. The van der Waals surface area contributed by atoms with Gasteiger partial charge in [0.15, 0.2) is 0 Å². The molecular formula is C18H28Cl2Zr. The largest absolute Gasteiger partial charge is 4.00 e. The van der Waals surface area contributed by atoms with Crippen molar-refractivity contribution in [3.05, 3.63) is 62.0 Å². The predicted molar refractivity (Wildman–Crippen MR) is 96.1 cm³/mol. The van der Waals surface area contributed by atoms with E-state index < -0.39 is 0 Å². The molecule has 0 nitrogen and oxygen atoms in total. The van der Waals surface area contributed by atoms with Gasteiger partial charge < -0.3 is 13.8 Å². The maximum Gasteiger partial charge on any atom is 4.00 e. The Kier molecular flexibility index (Phi) is 31.8. The standard InChI is InChI=1S/C6H7.C6H11.C5H5.CH3.2ClH.Zr/c1-6-4-2-3-5-6;1-2-4-6-5-3-1;1-2-4-5-3-1;;;;/h2,4H,3H2,1H3;1H,2-6H2;1-3H,4H2;1H3;2*1H;/q4*-1;;;+4. The summed E-state index contributed by atoms with van der Waals surface area (Å²) in [7, 11) is 0. The normalized spacial score (nSPS) is 16.3. The molecule has 3 aliphatic carbocycles. The van der Waals surface area contributed by atoms with Crippen LogP contribution in [0.25, 0.3) is 0 Å². The fourth-order valence-electron chi connectivity index (χ4n) is 1.75. The van der Waals surface area contributed by atoms with E-state index in [4.69, 9.17) is 0 Å². The van der Waals surface area contributed by atoms with Crippen LogP contribution in [0.2, 0.25) is 0 Å². The van der Waals surface area contributed by atoms with Gasteiger partial charge in [-0.25, -0.2) is 23.8 Å². The monoisotopic (exact) mass is 404 g/mol. The number of rotatable bonds is 0. The van der Waals surface area contributed by atoms with Crippen LogP contribution < -0.4 is 0 Å². The summed E-state index contributed by atoms with van der Waals surface area (Å²) in [6.07, 6.45) is 27.8. The molecule has 3 heteroatoms. The molecule has 0 aliphatic heterocycles. The minimum atomic E-state index is 0. The summed E-state index contributed by atoms with van der Waals surface area (Å²) >= 11 is 0. The molecule has 0 spiro atoms. The molecule has 1 saturated carbocycles. The van der Waals surface area contributed by atoms with Gasteiger partial charge in [-0.1, -0.05) is 26.2 Å². The van der Waals surface area contributed by atoms with Gasteiger partial charge in [0.25, 0.3) is 0 Å². The van der Waals surface area contributed by atoms with Crippen LogP contribution in [-0.4, -0.2) is 0 Å². The molecular weight excluding hydrogens is 378 g/mol. The molecule has 0 N–H and O–H groups in total. The average molecular weight is 407 g/mol. The van der Waals surface area contributed by atoms with Crippen LogP contribution in [0.4, 0.5) is 0 Å². The maximum atomic E-state index is 3.12. The zero-order chi connectivity index (χ0) is 12.2. The first-order chi connectivity index (χ1) is 8.39. The van der Waals surface area contributed by atoms with Crippen molar-refractivity contribution in [1.82, 2.24) is 0 Å². The molecule has 0 radical (unpaired) electrons. The summed E-state index contributed by atoms with van der Waals surface area (Å²) in [4.78, 5) is 0. The summed E-state index contributed by atoms with van der Waals surface area (Å²) in [5, 5.41) is 0.